The highest BCUT2D eigenvalue weighted by molar-refractivity contribution is 7.99. The summed E-state index contributed by atoms with van der Waals surface area (Å²) >= 11 is 1.45. The van der Waals surface area contributed by atoms with Gasteiger partial charge in [0.25, 0.3) is 5.56 Å². The molecule has 0 aliphatic rings. The highest BCUT2D eigenvalue weighted by Crippen LogP contribution is 2.32. The molecule has 0 fully saturated rings. The van der Waals surface area contributed by atoms with Crippen LogP contribution in [0.2, 0.25) is 0 Å². The van der Waals surface area contributed by atoms with Crippen LogP contribution in [0.25, 0.3) is 11.0 Å². The summed E-state index contributed by atoms with van der Waals surface area (Å²) in [5.41, 5.74) is 0.600. The van der Waals surface area contributed by atoms with E-state index in [0.717, 1.165) is 15.0 Å². The Balaban J connectivity index is 1.92. The lowest BCUT2D eigenvalue weighted by Gasteiger charge is -2.10. The van der Waals surface area contributed by atoms with E-state index in [2.05, 4.69) is 5.87 Å². The van der Waals surface area contributed by atoms with E-state index in [1.807, 2.05) is 68.4 Å². The highest BCUT2D eigenvalue weighted by atomic mass is 32.2. The van der Waals surface area contributed by atoms with Crippen LogP contribution in [0.3, 0.4) is 0 Å². The fourth-order valence-electron chi connectivity index (χ4n) is 3.73. The zero-order chi connectivity index (χ0) is 24.6. The van der Waals surface area contributed by atoms with Crippen LogP contribution < -0.4 is 11.2 Å². The largest absolute Gasteiger partial charge is 0.332 e. The van der Waals surface area contributed by atoms with Crippen LogP contribution in [0.5, 0.6) is 0 Å². The van der Waals surface area contributed by atoms with Gasteiger partial charge in [-0.15, -0.1) is 0 Å². The van der Waals surface area contributed by atoms with Gasteiger partial charge >= 0.3 is 5.69 Å². The molecule has 2 aromatic carbocycles. The van der Waals surface area contributed by atoms with Gasteiger partial charge in [-0.3, -0.25) is 22.8 Å². The molecular weight excluding hydrogens is 468 g/mol. The molecule has 4 aromatic rings. The van der Waals surface area contributed by atoms with Gasteiger partial charge in [-0.05, 0) is 51.1 Å². The monoisotopic (exact) mass is 496 g/mol. The first-order chi connectivity index (χ1) is 16.1. The molecular formula is C25H28N4O3S2. The summed E-state index contributed by atoms with van der Waals surface area (Å²) in [4.78, 5) is 27.9. The molecule has 1 atom stereocenters. The molecule has 0 bridgehead atoms. The van der Waals surface area contributed by atoms with Crippen LogP contribution in [-0.4, -0.2) is 35.2 Å². The first kappa shape index (κ1) is 24.1. The van der Waals surface area contributed by atoms with Gasteiger partial charge in [0.1, 0.15) is 10.4 Å². The first-order valence-electron chi connectivity index (χ1n) is 10.9. The molecule has 0 aliphatic heterocycles. The summed E-state index contributed by atoms with van der Waals surface area (Å²) in [5, 5.41) is 5.88. The smallest absolute Gasteiger partial charge is 0.276 e. The zero-order valence-corrected chi connectivity index (χ0v) is 21.4. The second-order valence-electron chi connectivity index (χ2n) is 8.88. The van der Waals surface area contributed by atoms with Gasteiger partial charge in [0.15, 0.2) is 5.65 Å². The third-order valence-electron chi connectivity index (χ3n) is 5.44. The predicted octanol–water partition coefficient (Wildman–Crippen LogP) is 3.46. The number of hydrogen-bond acceptors (Lipinski definition) is 5. The lowest BCUT2D eigenvalue weighted by atomic mass is 10.2. The molecule has 2 aromatic heterocycles. The van der Waals surface area contributed by atoms with Crippen molar-refractivity contribution in [2.75, 3.05) is 6.26 Å². The SMILES string of the molecule is C=S(C)(=O)c1ccc(Cn2nc3c(c2Sc2ccccc2)c(=O)n(C)c(=O)n3CC(C)C)cc1. The second kappa shape index (κ2) is 9.31. The number of rotatable bonds is 7. The van der Waals surface area contributed by atoms with Gasteiger partial charge in [0.05, 0.1) is 6.54 Å². The Morgan fingerprint density at radius 3 is 2.29 bits per heavy atom. The highest BCUT2D eigenvalue weighted by Gasteiger charge is 2.22. The molecule has 0 N–H and O–H groups in total. The van der Waals surface area contributed by atoms with Crippen LogP contribution in [0.15, 0.2) is 79.0 Å². The Labute approximate surface area is 203 Å². The molecule has 0 amide bonds. The Hall–Kier alpha value is -3.04. The van der Waals surface area contributed by atoms with E-state index in [0.29, 0.717) is 34.0 Å². The van der Waals surface area contributed by atoms with E-state index in [4.69, 9.17) is 5.10 Å². The second-order valence-corrected chi connectivity index (χ2v) is 12.4. The Kier molecular flexibility index (Phi) is 6.60. The Bertz CT molecular complexity index is 1560. The van der Waals surface area contributed by atoms with Gasteiger partial charge in [0, 0.05) is 29.6 Å². The summed E-state index contributed by atoms with van der Waals surface area (Å²) in [6, 6.07) is 17.2. The van der Waals surface area contributed by atoms with E-state index >= 15 is 0 Å². The van der Waals surface area contributed by atoms with E-state index in [1.54, 1.807) is 15.5 Å². The lowest BCUT2D eigenvalue weighted by molar-refractivity contribution is 0.497. The average molecular weight is 497 g/mol. The fourth-order valence-corrected chi connectivity index (χ4v) is 5.45. The number of fused-ring (bicyclic) bond motifs is 1. The van der Waals surface area contributed by atoms with Gasteiger partial charge in [-0.1, -0.05) is 55.9 Å². The summed E-state index contributed by atoms with van der Waals surface area (Å²) in [6.45, 7) is 4.90. The summed E-state index contributed by atoms with van der Waals surface area (Å²) in [7, 11) is -0.794. The molecule has 0 aliphatic carbocycles. The van der Waals surface area contributed by atoms with Gasteiger partial charge in [-0.25, -0.2) is 4.79 Å². The number of nitrogens with zero attached hydrogens (tertiary/aromatic N) is 4. The molecule has 7 nitrogen and oxygen atoms in total. The van der Waals surface area contributed by atoms with E-state index in [1.165, 1.54) is 18.8 Å². The summed E-state index contributed by atoms with van der Waals surface area (Å²) in [6.07, 6.45) is 1.61. The van der Waals surface area contributed by atoms with Crippen molar-refractivity contribution in [3.05, 3.63) is 81.0 Å². The van der Waals surface area contributed by atoms with Gasteiger partial charge in [0.2, 0.25) is 0 Å². The molecule has 0 radical (unpaired) electrons. The minimum atomic E-state index is -2.30. The average Bonchev–Trinajstić information content (AvgIpc) is 3.13. The van der Waals surface area contributed by atoms with Crippen LogP contribution in [0, 0.1) is 5.92 Å². The van der Waals surface area contributed by atoms with Crippen molar-refractivity contribution in [3.8, 4) is 0 Å². The van der Waals surface area contributed by atoms with E-state index in [-0.39, 0.29) is 17.2 Å². The van der Waals surface area contributed by atoms with Crippen molar-refractivity contribution in [2.24, 2.45) is 13.0 Å². The van der Waals surface area contributed by atoms with Crippen LogP contribution in [0.1, 0.15) is 19.4 Å². The summed E-state index contributed by atoms with van der Waals surface area (Å²) in [5.74, 6) is 3.94. The molecule has 0 saturated heterocycles. The van der Waals surface area contributed by atoms with Crippen molar-refractivity contribution in [1.29, 1.82) is 0 Å². The molecule has 9 heteroatoms. The molecule has 34 heavy (non-hydrogen) atoms. The van der Waals surface area contributed by atoms with Crippen molar-refractivity contribution in [2.45, 2.75) is 41.8 Å². The molecule has 1 unspecified atom stereocenters. The normalized spacial score (nSPS) is 13.4. The first-order valence-corrected chi connectivity index (χ1v) is 13.9. The maximum absolute atomic E-state index is 13.3. The van der Waals surface area contributed by atoms with Crippen molar-refractivity contribution >= 4 is 38.2 Å². The Morgan fingerprint density at radius 1 is 1.06 bits per heavy atom. The molecule has 2 heterocycles. The maximum atomic E-state index is 13.3. The van der Waals surface area contributed by atoms with Gasteiger partial charge < -0.3 is 0 Å². The van der Waals surface area contributed by atoms with E-state index in [9.17, 15) is 13.8 Å². The quantitative estimate of drug-likeness (QED) is 0.366. The van der Waals surface area contributed by atoms with Crippen LogP contribution in [0.4, 0.5) is 0 Å². The lowest BCUT2D eigenvalue weighted by Crippen LogP contribution is -2.38. The van der Waals surface area contributed by atoms with Crippen molar-refractivity contribution in [1.82, 2.24) is 18.9 Å². The zero-order valence-electron chi connectivity index (χ0n) is 19.7. The third-order valence-corrected chi connectivity index (χ3v) is 7.82. The maximum Gasteiger partial charge on any atom is 0.332 e. The van der Waals surface area contributed by atoms with Crippen LogP contribution >= 0.6 is 11.8 Å². The topological polar surface area (TPSA) is 78.9 Å². The minimum Gasteiger partial charge on any atom is -0.276 e. The third kappa shape index (κ3) is 4.76. The van der Waals surface area contributed by atoms with Crippen LogP contribution in [-0.2, 0) is 29.7 Å². The number of hydrogen-bond donors (Lipinski definition) is 0. The standard InChI is InChI=1S/C25H28N4O3S2/c1-17(2)15-28-22-21(23(30)27(3)25(28)31)24(33-19-9-7-6-8-10-19)29(26-22)16-18-11-13-20(14-12-18)34(4,5)32/h6-14,17H,4,15-16H2,1-3,5H3. The molecule has 0 saturated carbocycles. The predicted molar refractivity (Wildman–Crippen MR) is 140 cm³/mol. The summed E-state index contributed by atoms with van der Waals surface area (Å²) < 4.78 is 16.8. The molecule has 4 rings (SSSR count). The number of benzene rings is 2. The van der Waals surface area contributed by atoms with Crippen molar-refractivity contribution in [3.63, 3.8) is 0 Å². The fraction of sp³-hybridized carbons (Fsp3) is 0.280. The van der Waals surface area contributed by atoms with Crippen molar-refractivity contribution < 1.29 is 4.21 Å². The Morgan fingerprint density at radius 2 is 1.71 bits per heavy atom. The molecule has 178 valence electrons. The van der Waals surface area contributed by atoms with E-state index < -0.39 is 9.52 Å². The minimum absolute atomic E-state index is 0.202. The molecule has 0 spiro atoms. The number of aromatic nitrogens is 4. The van der Waals surface area contributed by atoms with Gasteiger partial charge in [-0.2, -0.15) is 5.10 Å².